The third kappa shape index (κ3) is 2.83. The molecular formula is C8H14O2S. The highest BCUT2D eigenvalue weighted by Crippen LogP contribution is 2.35. The van der Waals surface area contributed by atoms with Gasteiger partial charge in [0, 0.05) is 12.7 Å². The lowest BCUT2D eigenvalue weighted by atomic mass is 9.78. The van der Waals surface area contributed by atoms with Crippen molar-refractivity contribution in [3.05, 3.63) is 0 Å². The summed E-state index contributed by atoms with van der Waals surface area (Å²) in [5.74, 6) is 0.770. The van der Waals surface area contributed by atoms with E-state index in [-0.39, 0.29) is 5.12 Å². The molecule has 0 bridgehead atoms. The van der Waals surface area contributed by atoms with E-state index in [9.17, 15) is 9.90 Å². The Morgan fingerprint density at radius 1 is 1.64 bits per heavy atom. The number of carbonyl (C=O) groups is 1. The summed E-state index contributed by atoms with van der Waals surface area (Å²) in [4.78, 5) is 10.5. The molecule has 1 aliphatic rings. The fourth-order valence-corrected chi connectivity index (χ4v) is 1.99. The zero-order chi connectivity index (χ0) is 8.32. The summed E-state index contributed by atoms with van der Waals surface area (Å²) in [6.07, 6.45) is 3.76. The Morgan fingerprint density at radius 2 is 2.27 bits per heavy atom. The lowest BCUT2D eigenvalue weighted by Gasteiger charge is -2.36. The second-order valence-corrected chi connectivity index (χ2v) is 4.44. The number of carbonyl (C=O) groups excluding carboxylic acids is 1. The van der Waals surface area contributed by atoms with Gasteiger partial charge in [-0.05, 0) is 25.7 Å². The van der Waals surface area contributed by atoms with Crippen molar-refractivity contribution in [2.75, 3.05) is 5.75 Å². The van der Waals surface area contributed by atoms with Crippen LogP contribution in [-0.2, 0) is 4.79 Å². The van der Waals surface area contributed by atoms with Crippen LogP contribution < -0.4 is 0 Å². The van der Waals surface area contributed by atoms with Crippen molar-refractivity contribution >= 4 is 16.9 Å². The average Bonchev–Trinajstić information content (AvgIpc) is 1.83. The normalized spacial score (nSPS) is 20.9. The summed E-state index contributed by atoms with van der Waals surface area (Å²) in [6, 6.07) is 0. The van der Waals surface area contributed by atoms with E-state index in [0.717, 1.165) is 31.4 Å². The number of hydrogen-bond acceptors (Lipinski definition) is 3. The topological polar surface area (TPSA) is 37.3 Å². The molecule has 1 N–H and O–H groups in total. The van der Waals surface area contributed by atoms with Crippen LogP contribution >= 0.6 is 11.8 Å². The monoisotopic (exact) mass is 174 g/mol. The van der Waals surface area contributed by atoms with E-state index in [1.165, 1.54) is 11.8 Å². The van der Waals surface area contributed by atoms with Crippen molar-refractivity contribution in [2.24, 2.45) is 0 Å². The molecule has 0 heterocycles. The van der Waals surface area contributed by atoms with Crippen LogP contribution in [0.1, 0.15) is 32.6 Å². The third-order valence-electron chi connectivity index (χ3n) is 2.16. The Labute approximate surface area is 71.4 Å². The number of thioether (sulfide) groups is 1. The average molecular weight is 174 g/mol. The fourth-order valence-electron chi connectivity index (χ4n) is 1.22. The van der Waals surface area contributed by atoms with Crippen LogP contribution in [0.4, 0.5) is 0 Å². The molecule has 1 aliphatic carbocycles. The molecule has 0 aromatic rings. The molecule has 0 radical (unpaired) electrons. The molecule has 0 amide bonds. The molecular weight excluding hydrogens is 160 g/mol. The van der Waals surface area contributed by atoms with Crippen LogP contribution in [0.2, 0.25) is 0 Å². The SMILES string of the molecule is CC(=O)SCCC1(O)CCC1. The smallest absolute Gasteiger partial charge is 0.185 e. The van der Waals surface area contributed by atoms with E-state index in [1.54, 1.807) is 6.92 Å². The molecule has 0 unspecified atom stereocenters. The van der Waals surface area contributed by atoms with E-state index in [0.29, 0.717) is 0 Å². The zero-order valence-corrected chi connectivity index (χ0v) is 7.62. The highest BCUT2D eigenvalue weighted by molar-refractivity contribution is 8.13. The molecule has 0 aromatic heterocycles. The minimum absolute atomic E-state index is 0.146. The van der Waals surface area contributed by atoms with Crippen LogP contribution in [0.25, 0.3) is 0 Å². The maximum Gasteiger partial charge on any atom is 0.185 e. The largest absolute Gasteiger partial charge is 0.390 e. The maximum absolute atomic E-state index is 10.5. The molecule has 3 heteroatoms. The minimum atomic E-state index is -0.414. The molecule has 64 valence electrons. The predicted molar refractivity (Wildman–Crippen MR) is 46.6 cm³/mol. The Morgan fingerprint density at radius 3 is 2.64 bits per heavy atom. The maximum atomic E-state index is 10.5. The quantitative estimate of drug-likeness (QED) is 0.705. The first-order valence-electron chi connectivity index (χ1n) is 3.98. The molecule has 1 saturated carbocycles. The number of hydrogen-bond donors (Lipinski definition) is 1. The van der Waals surface area contributed by atoms with Crippen LogP contribution in [0, 0.1) is 0 Å². The lowest BCUT2D eigenvalue weighted by molar-refractivity contribution is -0.109. The van der Waals surface area contributed by atoms with Gasteiger partial charge in [0.2, 0.25) is 0 Å². The third-order valence-corrected chi connectivity index (χ3v) is 2.97. The van der Waals surface area contributed by atoms with Gasteiger partial charge in [0.15, 0.2) is 5.12 Å². The van der Waals surface area contributed by atoms with Gasteiger partial charge in [-0.25, -0.2) is 0 Å². The zero-order valence-electron chi connectivity index (χ0n) is 6.80. The molecule has 0 aromatic carbocycles. The Kier molecular flexibility index (Phi) is 2.96. The van der Waals surface area contributed by atoms with Gasteiger partial charge in [-0.1, -0.05) is 11.8 Å². The first-order chi connectivity index (χ1) is 5.12. The van der Waals surface area contributed by atoms with E-state index in [2.05, 4.69) is 0 Å². The fraction of sp³-hybridized carbons (Fsp3) is 0.875. The van der Waals surface area contributed by atoms with Crippen LogP contribution in [-0.4, -0.2) is 21.6 Å². The van der Waals surface area contributed by atoms with Crippen molar-refractivity contribution in [2.45, 2.75) is 38.2 Å². The first-order valence-corrected chi connectivity index (χ1v) is 4.97. The summed E-state index contributed by atoms with van der Waals surface area (Å²) >= 11 is 1.31. The van der Waals surface area contributed by atoms with Gasteiger partial charge in [-0.2, -0.15) is 0 Å². The molecule has 0 aliphatic heterocycles. The van der Waals surface area contributed by atoms with E-state index in [1.807, 2.05) is 0 Å². The highest BCUT2D eigenvalue weighted by Gasteiger charge is 2.33. The summed E-state index contributed by atoms with van der Waals surface area (Å²) in [5, 5.41) is 9.74. The second-order valence-electron chi connectivity index (χ2n) is 3.17. The Hall–Kier alpha value is -0.0200. The van der Waals surface area contributed by atoms with E-state index >= 15 is 0 Å². The number of rotatable bonds is 3. The van der Waals surface area contributed by atoms with Crippen molar-refractivity contribution in [1.29, 1.82) is 0 Å². The predicted octanol–water partition coefficient (Wildman–Crippen LogP) is 1.57. The van der Waals surface area contributed by atoms with Crippen molar-refractivity contribution in [3.63, 3.8) is 0 Å². The standard InChI is InChI=1S/C8H14O2S/c1-7(9)11-6-5-8(10)3-2-4-8/h10H,2-6H2,1H3. The minimum Gasteiger partial charge on any atom is -0.390 e. The van der Waals surface area contributed by atoms with Gasteiger partial charge in [-0.15, -0.1) is 0 Å². The lowest BCUT2D eigenvalue weighted by Crippen LogP contribution is -2.37. The summed E-state index contributed by atoms with van der Waals surface area (Å²) < 4.78 is 0. The van der Waals surface area contributed by atoms with Gasteiger partial charge < -0.3 is 5.11 Å². The first kappa shape index (κ1) is 9.07. The van der Waals surface area contributed by atoms with Gasteiger partial charge >= 0.3 is 0 Å². The second kappa shape index (κ2) is 3.59. The van der Waals surface area contributed by atoms with E-state index < -0.39 is 5.60 Å². The van der Waals surface area contributed by atoms with Crippen LogP contribution in [0.5, 0.6) is 0 Å². The molecule has 1 rings (SSSR count). The number of aliphatic hydroxyl groups is 1. The van der Waals surface area contributed by atoms with Crippen LogP contribution in [0.3, 0.4) is 0 Å². The van der Waals surface area contributed by atoms with Gasteiger partial charge in [0.05, 0.1) is 5.60 Å². The molecule has 0 atom stereocenters. The molecule has 0 spiro atoms. The van der Waals surface area contributed by atoms with Crippen molar-refractivity contribution < 1.29 is 9.90 Å². The van der Waals surface area contributed by atoms with Gasteiger partial charge in [-0.3, -0.25) is 4.79 Å². The van der Waals surface area contributed by atoms with Crippen molar-refractivity contribution in [3.8, 4) is 0 Å². The van der Waals surface area contributed by atoms with Crippen LogP contribution in [0.15, 0.2) is 0 Å². The Balaban J connectivity index is 2.07. The molecule has 1 fully saturated rings. The molecule has 2 nitrogen and oxygen atoms in total. The van der Waals surface area contributed by atoms with Crippen molar-refractivity contribution in [1.82, 2.24) is 0 Å². The van der Waals surface area contributed by atoms with E-state index in [4.69, 9.17) is 0 Å². The summed E-state index contributed by atoms with van der Waals surface area (Å²) in [7, 11) is 0. The summed E-state index contributed by atoms with van der Waals surface area (Å²) in [5.41, 5.74) is -0.414. The highest BCUT2D eigenvalue weighted by atomic mass is 32.2. The van der Waals surface area contributed by atoms with Gasteiger partial charge in [0.1, 0.15) is 0 Å². The Bertz CT molecular complexity index is 152. The molecule has 11 heavy (non-hydrogen) atoms. The van der Waals surface area contributed by atoms with Gasteiger partial charge in [0.25, 0.3) is 0 Å². The molecule has 0 saturated heterocycles. The summed E-state index contributed by atoms with van der Waals surface area (Å²) in [6.45, 7) is 1.56.